The summed E-state index contributed by atoms with van der Waals surface area (Å²) in [5.74, 6) is 1.03. The van der Waals surface area contributed by atoms with Crippen molar-refractivity contribution in [2.24, 2.45) is 0 Å². The molecule has 1 aromatic heterocycles. The van der Waals surface area contributed by atoms with Crippen LogP contribution in [0.25, 0.3) is 10.8 Å². The Morgan fingerprint density at radius 2 is 1.53 bits per heavy atom. The topological polar surface area (TPSA) is 60.8 Å². The molecular weight excluding hydrogens is 424 g/mol. The molecule has 1 aliphatic rings. The Bertz CT molecular complexity index is 1210. The van der Waals surface area contributed by atoms with E-state index in [0.29, 0.717) is 6.54 Å². The van der Waals surface area contributed by atoms with Crippen LogP contribution in [0.3, 0.4) is 0 Å². The van der Waals surface area contributed by atoms with Crippen molar-refractivity contribution in [3.05, 3.63) is 102 Å². The Kier molecular flexibility index (Phi) is 6.89. The van der Waals surface area contributed by atoms with Crippen LogP contribution in [0.1, 0.15) is 16.9 Å². The summed E-state index contributed by atoms with van der Waals surface area (Å²) in [6.45, 7) is 6.44. The van der Waals surface area contributed by atoms with Crippen LogP contribution in [0.4, 0.5) is 10.5 Å². The second-order valence-corrected chi connectivity index (χ2v) is 8.77. The van der Waals surface area contributed by atoms with E-state index in [1.807, 2.05) is 48.5 Å². The maximum atomic E-state index is 12.4. The van der Waals surface area contributed by atoms with E-state index < -0.39 is 0 Å². The average Bonchev–Trinajstić information content (AvgIpc) is 3.38. The molecule has 0 atom stereocenters. The molecule has 174 valence electrons. The number of carbonyl (C=O) groups is 1. The van der Waals surface area contributed by atoms with Crippen LogP contribution in [0.15, 0.2) is 89.5 Å². The van der Waals surface area contributed by atoms with Gasteiger partial charge in [0, 0.05) is 45.0 Å². The van der Waals surface area contributed by atoms with Gasteiger partial charge < -0.3 is 15.1 Å². The van der Waals surface area contributed by atoms with Gasteiger partial charge in [-0.05, 0) is 46.2 Å². The number of nitrogens with one attached hydrogen (secondary N) is 2. The quantitative estimate of drug-likeness (QED) is 0.409. The molecule has 2 N–H and O–H groups in total. The molecule has 1 fully saturated rings. The molecule has 5 rings (SSSR count). The Hall–Kier alpha value is -3.61. The van der Waals surface area contributed by atoms with E-state index in [9.17, 15) is 4.79 Å². The number of urea groups is 1. The minimum Gasteiger partial charge on any atom is -0.468 e. The van der Waals surface area contributed by atoms with E-state index >= 15 is 0 Å². The lowest BCUT2D eigenvalue weighted by atomic mass is 10.0. The van der Waals surface area contributed by atoms with E-state index in [1.165, 1.54) is 10.9 Å². The SMILES string of the molecule is O=C(NCc1cccc2ccccc12)Nc1ccc(CN2CCN(Cc3ccco3)CC2)cc1. The summed E-state index contributed by atoms with van der Waals surface area (Å²) in [6.07, 6.45) is 1.73. The normalized spacial score (nSPS) is 14.8. The number of piperazine rings is 1. The lowest BCUT2D eigenvalue weighted by Crippen LogP contribution is -2.45. The fraction of sp³-hybridized carbons (Fsp3) is 0.250. The van der Waals surface area contributed by atoms with Gasteiger partial charge in [0.05, 0.1) is 12.8 Å². The standard InChI is InChI=1S/C28H30N4O2/c33-28(29-19-24-7-3-6-23-5-1-2-9-27(23)24)30-25-12-10-22(11-13-25)20-31-14-16-32(17-15-31)21-26-8-4-18-34-26/h1-13,18H,14-17,19-21H2,(H2,29,30,33). The molecule has 0 radical (unpaired) electrons. The lowest BCUT2D eigenvalue weighted by molar-refractivity contribution is 0.116. The molecule has 6 heteroatoms. The van der Waals surface area contributed by atoms with Gasteiger partial charge in [-0.3, -0.25) is 9.80 Å². The second-order valence-electron chi connectivity index (χ2n) is 8.77. The Labute approximate surface area is 200 Å². The zero-order valence-corrected chi connectivity index (χ0v) is 19.2. The molecule has 2 amide bonds. The highest BCUT2D eigenvalue weighted by atomic mass is 16.3. The molecule has 0 aliphatic carbocycles. The zero-order valence-electron chi connectivity index (χ0n) is 19.2. The van der Waals surface area contributed by atoms with Gasteiger partial charge in [-0.2, -0.15) is 0 Å². The first kappa shape index (κ1) is 22.2. The fourth-order valence-corrected chi connectivity index (χ4v) is 4.48. The van der Waals surface area contributed by atoms with Crippen molar-refractivity contribution in [1.29, 1.82) is 0 Å². The first-order valence-corrected chi connectivity index (χ1v) is 11.8. The summed E-state index contributed by atoms with van der Waals surface area (Å²) in [6, 6.07) is 26.3. The summed E-state index contributed by atoms with van der Waals surface area (Å²) in [5.41, 5.74) is 3.15. The molecule has 1 aliphatic heterocycles. The minimum atomic E-state index is -0.201. The maximum absolute atomic E-state index is 12.4. The van der Waals surface area contributed by atoms with Gasteiger partial charge in [0.15, 0.2) is 0 Å². The van der Waals surface area contributed by atoms with E-state index in [4.69, 9.17) is 4.42 Å². The summed E-state index contributed by atoms with van der Waals surface area (Å²) in [4.78, 5) is 17.3. The number of carbonyl (C=O) groups excluding carboxylic acids is 1. The lowest BCUT2D eigenvalue weighted by Gasteiger charge is -2.34. The molecule has 1 saturated heterocycles. The van der Waals surface area contributed by atoms with Crippen LogP contribution in [-0.2, 0) is 19.6 Å². The number of amides is 2. The van der Waals surface area contributed by atoms with Crippen molar-refractivity contribution >= 4 is 22.5 Å². The average molecular weight is 455 g/mol. The van der Waals surface area contributed by atoms with Gasteiger partial charge in [0.1, 0.15) is 5.76 Å². The molecule has 6 nitrogen and oxygen atoms in total. The number of benzene rings is 3. The molecule has 0 unspecified atom stereocenters. The van der Waals surface area contributed by atoms with E-state index in [2.05, 4.69) is 50.8 Å². The summed E-state index contributed by atoms with van der Waals surface area (Å²) in [7, 11) is 0. The van der Waals surface area contributed by atoms with E-state index in [-0.39, 0.29) is 6.03 Å². The van der Waals surface area contributed by atoms with Crippen LogP contribution in [-0.4, -0.2) is 42.0 Å². The molecule has 4 aromatic rings. The van der Waals surface area contributed by atoms with Crippen molar-refractivity contribution in [1.82, 2.24) is 15.1 Å². The van der Waals surface area contributed by atoms with Gasteiger partial charge in [-0.1, -0.05) is 54.6 Å². The monoisotopic (exact) mass is 454 g/mol. The van der Waals surface area contributed by atoms with Crippen LogP contribution in [0.5, 0.6) is 0 Å². The number of hydrogen-bond acceptors (Lipinski definition) is 4. The number of fused-ring (bicyclic) bond motifs is 1. The number of rotatable bonds is 7. The number of nitrogens with zero attached hydrogens (tertiary/aromatic N) is 2. The van der Waals surface area contributed by atoms with Crippen molar-refractivity contribution in [3.8, 4) is 0 Å². The molecule has 3 aromatic carbocycles. The highest BCUT2D eigenvalue weighted by Crippen LogP contribution is 2.18. The van der Waals surface area contributed by atoms with Crippen molar-refractivity contribution in [2.45, 2.75) is 19.6 Å². The molecular formula is C28H30N4O2. The van der Waals surface area contributed by atoms with Crippen LogP contribution < -0.4 is 10.6 Å². The summed E-state index contributed by atoms with van der Waals surface area (Å²) < 4.78 is 5.46. The first-order chi connectivity index (χ1) is 16.7. The third-order valence-electron chi connectivity index (χ3n) is 6.36. The van der Waals surface area contributed by atoms with Crippen molar-refractivity contribution < 1.29 is 9.21 Å². The Balaban J connectivity index is 1.07. The predicted molar refractivity (Wildman–Crippen MR) is 136 cm³/mol. The van der Waals surface area contributed by atoms with Crippen LogP contribution in [0, 0.1) is 0 Å². The van der Waals surface area contributed by atoms with Gasteiger partial charge >= 0.3 is 6.03 Å². The predicted octanol–water partition coefficient (Wildman–Crippen LogP) is 5.07. The fourth-order valence-electron chi connectivity index (χ4n) is 4.48. The molecule has 0 bridgehead atoms. The third-order valence-corrected chi connectivity index (χ3v) is 6.36. The summed E-state index contributed by atoms with van der Waals surface area (Å²) in [5, 5.41) is 8.25. The van der Waals surface area contributed by atoms with Gasteiger partial charge in [-0.25, -0.2) is 4.79 Å². The second kappa shape index (κ2) is 10.5. The molecule has 34 heavy (non-hydrogen) atoms. The van der Waals surface area contributed by atoms with Gasteiger partial charge in [0.2, 0.25) is 0 Å². The molecule has 0 spiro atoms. The Morgan fingerprint density at radius 3 is 2.29 bits per heavy atom. The van der Waals surface area contributed by atoms with Crippen LogP contribution in [0.2, 0.25) is 0 Å². The summed E-state index contributed by atoms with van der Waals surface area (Å²) >= 11 is 0. The maximum Gasteiger partial charge on any atom is 0.319 e. The van der Waals surface area contributed by atoms with E-state index in [0.717, 1.165) is 61.7 Å². The number of anilines is 1. The Morgan fingerprint density at radius 1 is 0.794 bits per heavy atom. The van der Waals surface area contributed by atoms with Crippen molar-refractivity contribution in [2.75, 3.05) is 31.5 Å². The highest BCUT2D eigenvalue weighted by molar-refractivity contribution is 5.90. The van der Waals surface area contributed by atoms with Crippen LogP contribution >= 0.6 is 0 Å². The minimum absolute atomic E-state index is 0.201. The number of furan rings is 1. The molecule has 2 heterocycles. The van der Waals surface area contributed by atoms with Gasteiger partial charge in [0.25, 0.3) is 0 Å². The highest BCUT2D eigenvalue weighted by Gasteiger charge is 2.17. The molecule has 0 saturated carbocycles. The van der Waals surface area contributed by atoms with Gasteiger partial charge in [-0.15, -0.1) is 0 Å². The number of hydrogen-bond donors (Lipinski definition) is 2. The largest absolute Gasteiger partial charge is 0.468 e. The van der Waals surface area contributed by atoms with E-state index in [1.54, 1.807) is 6.26 Å². The first-order valence-electron chi connectivity index (χ1n) is 11.8. The smallest absolute Gasteiger partial charge is 0.319 e. The van der Waals surface area contributed by atoms with Crippen molar-refractivity contribution in [3.63, 3.8) is 0 Å². The third kappa shape index (κ3) is 5.65. The zero-order chi connectivity index (χ0) is 23.2.